The van der Waals surface area contributed by atoms with Gasteiger partial charge in [0.25, 0.3) is 0 Å². The summed E-state index contributed by atoms with van der Waals surface area (Å²) in [5.41, 5.74) is 1.90. The highest BCUT2D eigenvalue weighted by atomic mass is 16.6. The van der Waals surface area contributed by atoms with E-state index in [0.717, 1.165) is 44.9 Å². The molecule has 43 heavy (non-hydrogen) atoms. The Labute approximate surface area is 264 Å². The smallest absolute Gasteiger partial charge is 0.121 e. The van der Waals surface area contributed by atoms with Gasteiger partial charge in [-0.2, -0.15) is 0 Å². The molecular weight excluding hydrogens is 528 g/mol. The number of aliphatic hydroxyl groups excluding tert-OH is 2. The third-order valence-corrected chi connectivity index (χ3v) is 10.1. The molecule has 2 fully saturated rings. The molecule has 0 amide bonds. The van der Waals surface area contributed by atoms with Crippen molar-refractivity contribution in [1.82, 2.24) is 0 Å². The van der Waals surface area contributed by atoms with Crippen LogP contribution in [0.15, 0.2) is 59.8 Å². The van der Waals surface area contributed by atoms with E-state index in [1.54, 1.807) is 0 Å². The van der Waals surface area contributed by atoms with Crippen molar-refractivity contribution in [2.45, 2.75) is 144 Å². The number of fused-ring (bicyclic) bond motifs is 1. The first-order valence-corrected chi connectivity index (χ1v) is 17.0. The molecule has 0 radical (unpaired) electrons. The van der Waals surface area contributed by atoms with Gasteiger partial charge < -0.3 is 14.9 Å². The lowest BCUT2D eigenvalue weighted by atomic mass is 9.63. The number of hydrogen-bond acceptors (Lipinski definition) is 3. The molecule has 3 nitrogen and oxygen atoms in total. The fourth-order valence-electron chi connectivity index (χ4n) is 7.65. The van der Waals surface area contributed by atoms with Crippen LogP contribution in [0.5, 0.6) is 0 Å². The lowest BCUT2D eigenvalue weighted by Crippen LogP contribution is -2.46. The van der Waals surface area contributed by atoms with Crippen LogP contribution < -0.4 is 0 Å². The third kappa shape index (κ3) is 9.32. The van der Waals surface area contributed by atoms with Crippen LogP contribution in [0.25, 0.3) is 0 Å². The van der Waals surface area contributed by atoms with Gasteiger partial charge in [-0.15, -0.1) is 0 Å². The molecular formula is C40H62O3. The van der Waals surface area contributed by atoms with Crippen LogP contribution in [0.1, 0.15) is 121 Å². The van der Waals surface area contributed by atoms with Crippen LogP contribution >= 0.6 is 0 Å². The fourth-order valence-corrected chi connectivity index (χ4v) is 7.65. The van der Waals surface area contributed by atoms with Crippen molar-refractivity contribution in [2.24, 2.45) is 34.5 Å². The molecule has 1 saturated carbocycles. The van der Waals surface area contributed by atoms with Crippen molar-refractivity contribution in [2.75, 3.05) is 0 Å². The first-order valence-electron chi connectivity index (χ1n) is 17.0. The molecule has 0 bridgehead atoms. The predicted molar refractivity (Wildman–Crippen MR) is 182 cm³/mol. The van der Waals surface area contributed by atoms with Gasteiger partial charge in [-0.05, 0) is 76.5 Å². The Morgan fingerprint density at radius 1 is 0.837 bits per heavy atom. The molecule has 3 heteroatoms. The van der Waals surface area contributed by atoms with Gasteiger partial charge >= 0.3 is 0 Å². The quantitative estimate of drug-likeness (QED) is 0.135. The summed E-state index contributed by atoms with van der Waals surface area (Å²) in [6, 6.07) is 0. The van der Waals surface area contributed by atoms with Crippen molar-refractivity contribution in [3.8, 4) is 11.8 Å². The van der Waals surface area contributed by atoms with Crippen LogP contribution in [0.2, 0.25) is 0 Å². The summed E-state index contributed by atoms with van der Waals surface area (Å²) < 4.78 is 6.28. The highest BCUT2D eigenvalue weighted by Crippen LogP contribution is 2.66. The standard InChI is InChI=1S/C40H62O3/c1-29(17-13-19-31(3)21-22-36-33(5)25-34(41)26-37(36,6)7)15-11-12-16-30(2)18-14-20-32(4)23-24-40-38(8,9)27-35(42)28-39(40,10)43-40/h11,13-15,17,20,23-24,29-32,34-35,41-42H,12,16,18-19,25-28H2,1-10H3/b15-11+,17-13+,20-14+,24-23+/t29?,30?,31?,32?,34-,35+,39-,40+/m1/s1. The first kappa shape index (κ1) is 35.6. The average Bonchev–Trinajstić information content (AvgIpc) is 3.49. The molecule has 1 heterocycles. The number of aliphatic hydroxyl groups is 2. The molecule has 0 aromatic rings. The maximum atomic E-state index is 10.3. The van der Waals surface area contributed by atoms with E-state index in [4.69, 9.17) is 4.74 Å². The van der Waals surface area contributed by atoms with Gasteiger partial charge in [0.05, 0.1) is 12.2 Å². The Morgan fingerprint density at radius 2 is 1.47 bits per heavy atom. The Kier molecular flexibility index (Phi) is 12.0. The number of allylic oxidation sites excluding steroid dienone is 8. The van der Waals surface area contributed by atoms with E-state index in [9.17, 15) is 10.2 Å². The number of epoxide rings is 1. The predicted octanol–water partition coefficient (Wildman–Crippen LogP) is 9.53. The maximum absolute atomic E-state index is 10.3. The van der Waals surface area contributed by atoms with Gasteiger partial charge in [-0.1, -0.05) is 121 Å². The largest absolute Gasteiger partial charge is 0.393 e. The summed E-state index contributed by atoms with van der Waals surface area (Å²) in [5.74, 6) is 8.71. The lowest BCUT2D eigenvalue weighted by Gasteiger charge is -2.39. The van der Waals surface area contributed by atoms with Gasteiger partial charge in [0, 0.05) is 28.7 Å². The molecule has 0 aromatic carbocycles. The maximum Gasteiger partial charge on any atom is 0.121 e. The van der Waals surface area contributed by atoms with E-state index in [-0.39, 0.29) is 34.2 Å². The van der Waals surface area contributed by atoms with Crippen molar-refractivity contribution < 1.29 is 14.9 Å². The number of hydrogen-bond donors (Lipinski definition) is 2. The molecule has 8 atom stereocenters. The molecule has 2 aliphatic carbocycles. The Hall–Kier alpha value is -1.86. The molecule has 240 valence electrons. The minimum absolute atomic E-state index is 0.0415. The molecule has 0 aromatic heterocycles. The Bertz CT molecular complexity index is 1150. The summed E-state index contributed by atoms with van der Waals surface area (Å²) in [6.07, 6.45) is 25.4. The highest BCUT2D eigenvalue weighted by Gasteiger charge is 2.74. The molecule has 4 unspecified atom stereocenters. The zero-order valence-electron chi connectivity index (χ0n) is 29.0. The van der Waals surface area contributed by atoms with Gasteiger partial charge in [0.2, 0.25) is 0 Å². The zero-order chi connectivity index (χ0) is 32.1. The molecule has 0 spiro atoms. The normalized spacial score (nSPS) is 33.0. The highest BCUT2D eigenvalue weighted by molar-refractivity contribution is 5.40. The van der Waals surface area contributed by atoms with Gasteiger partial charge in [-0.25, -0.2) is 0 Å². The molecule has 3 rings (SSSR count). The SMILES string of the molecule is CC1=C(C#CC(C)C/C=C/C(C)/C=C/CCC(C)C/C=C/C(C)/C=C/[C@@]23O[C@]2(C)C[C@@H](O)CC3(C)C)C(C)(C)C[C@H](O)C1. The van der Waals surface area contributed by atoms with E-state index in [2.05, 4.69) is 130 Å². The summed E-state index contributed by atoms with van der Waals surface area (Å²) >= 11 is 0. The average molecular weight is 591 g/mol. The van der Waals surface area contributed by atoms with Crippen LogP contribution in [0.3, 0.4) is 0 Å². The Morgan fingerprint density at radius 3 is 2.12 bits per heavy atom. The van der Waals surface area contributed by atoms with Crippen molar-refractivity contribution in [3.63, 3.8) is 0 Å². The molecule has 2 N–H and O–H groups in total. The Balaban J connectivity index is 1.35. The van der Waals surface area contributed by atoms with Crippen molar-refractivity contribution >= 4 is 0 Å². The van der Waals surface area contributed by atoms with E-state index in [0.29, 0.717) is 23.7 Å². The van der Waals surface area contributed by atoms with E-state index < -0.39 is 0 Å². The summed E-state index contributed by atoms with van der Waals surface area (Å²) in [7, 11) is 0. The van der Waals surface area contributed by atoms with Crippen LogP contribution in [-0.4, -0.2) is 33.6 Å². The second kappa shape index (κ2) is 14.5. The van der Waals surface area contributed by atoms with Crippen LogP contribution in [-0.2, 0) is 4.74 Å². The fraction of sp³-hybridized carbons (Fsp3) is 0.700. The second-order valence-corrected chi connectivity index (χ2v) is 15.8. The van der Waals surface area contributed by atoms with E-state index in [1.807, 2.05) is 0 Å². The molecule has 1 saturated heterocycles. The summed E-state index contributed by atoms with van der Waals surface area (Å²) in [6.45, 7) is 22.1. The minimum Gasteiger partial charge on any atom is -0.393 e. The third-order valence-electron chi connectivity index (χ3n) is 10.1. The van der Waals surface area contributed by atoms with Gasteiger partial charge in [0.15, 0.2) is 0 Å². The number of rotatable bonds is 12. The van der Waals surface area contributed by atoms with Crippen LogP contribution in [0.4, 0.5) is 0 Å². The van der Waals surface area contributed by atoms with E-state index >= 15 is 0 Å². The van der Waals surface area contributed by atoms with Gasteiger partial charge in [0.1, 0.15) is 11.2 Å². The second-order valence-electron chi connectivity index (χ2n) is 15.8. The summed E-state index contributed by atoms with van der Waals surface area (Å²) in [4.78, 5) is 0. The van der Waals surface area contributed by atoms with Crippen LogP contribution in [0, 0.1) is 46.3 Å². The first-order chi connectivity index (χ1) is 20.0. The monoisotopic (exact) mass is 590 g/mol. The minimum atomic E-state index is -0.267. The zero-order valence-corrected chi connectivity index (χ0v) is 29.0. The van der Waals surface area contributed by atoms with Crippen molar-refractivity contribution in [3.05, 3.63) is 59.8 Å². The lowest BCUT2D eigenvalue weighted by molar-refractivity contribution is 0.0514. The topological polar surface area (TPSA) is 53.0 Å². The van der Waals surface area contributed by atoms with Gasteiger partial charge in [-0.3, -0.25) is 0 Å². The molecule has 1 aliphatic heterocycles. The molecule has 3 aliphatic rings. The van der Waals surface area contributed by atoms with E-state index in [1.165, 1.54) is 17.6 Å². The summed E-state index contributed by atoms with van der Waals surface area (Å²) in [5, 5.41) is 20.4. The van der Waals surface area contributed by atoms with Crippen molar-refractivity contribution in [1.29, 1.82) is 0 Å². The number of ether oxygens (including phenoxy) is 1.